The van der Waals surface area contributed by atoms with Gasteiger partial charge in [-0.2, -0.15) is 0 Å². The fraction of sp³-hybridized carbons (Fsp3) is 0.182. The van der Waals surface area contributed by atoms with Gasteiger partial charge in [0.15, 0.2) is 5.76 Å². The second kappa shape index (κ2) is 4.55. The van der Waals surface area contributed by atoms with E-state index in [1.165, 1.54) is 18.3 Å². The number of benzene rings is 1. The van der Waals surface area contributed by atoms with E-state index in [0.29, 0.717) is 17.2 Å². The molecule has 1 aromatic heterocycles. The van der Waals surface area contributed by atoms with E-state index in [-0.39, 0.29) is 11.6 Å². The predicted molar refractivity (Wildman–Crippen MR) is 62.9 cm³/mol. The third kappa shape index (κ3) is 2.29. The van der Waals surface area contributed by atoms with Gasteiger partial charge >= 0.3 is 0 Å². The predicted octanol–water partition coefficient (Wildman–Crippen LogP) is 3.30. The van der Waals surface area contributed by atoms with E-state index in [9.17, 15) is 10.1 Å². The summed E-state index contributed by atoms with van der Waals surface area (Å²) >= 11 is 5.58. The summed E-state index contributed by atoms with van der Waals surface area (Å²) in [7, 11) is 0. The van der Waals surface area contributed by atoms with Gasteiger partial charge in [0.05, 0.1) is 17.0 Å². The van der Waals surface area contributed by atoms with Crippen molar-refractivity contribution in [3.05, 3.63) is 46.0 Å². The van der Waals surface area contributed by atoms with Crippen LogP contribution in [0.3, 0.4) is 0 Å². The van der Waals surface area contributed by atoms with Gasteiger partial charge in [-0.15, -0.1) is 11.6 Å². The lowest BCUT2D eigenvalue weighted by molar-refractivity contribution is -0.384. The van der Waals surface area contributed by atoms with Gasteiger partial charge in [-0.25, -0.2) is 4.98 Å². The molecule has 1 heterocycles. The summed E-state index contributed by atoms with van der Waals surface area (Å²) in [5.41, 5.74) is 1.56. The van der Waals surface area contributed by atoms with Crippen molar-refractivity contribution in [2.45, 2.75) is 12.8 Å². The fourth-order valence-corrected chi connectivity index (χ4v) is 1.61. The second-order valence-corrected chi connectivity index (χ2v) is 3.78. The topological polar surface area (TPSA) is 69.2 Å². The lowest BCUT2D eigenvalue weighted by Gasteiger charge is -2.01. The molecule has 1 aromatic carbocycles. The van der Waals surface area contributed by atoms with Crippen LogP contribution in [0.5, 0.6) is 0 Å². The van der Waals surface area contributed by atoms with Crippen LogP contribution in [0.1, 0.15) is 11.5 Å². The molecule has 0 saturated carbocycles. The number of nitro groups is 1. The molecule has 0 aliphatic heterocycles. The van der Waals surface area contributed by atoms with Gasteiger partial charge in [-0.3, -0.25) is 10.1 Å². The lowest BCUT2D eigenvalue weighted by atomic mass is 10.1. The van der Waals surface area contributed by atoms with Crippen molar-refractivity contribution >= 4 is 17.3 Å². The first-order valence-corrected chi connectivity index (χ1v) is 5.41. The molecule has 2 aromatic rings. The Morgan fingerprint density at radius 2 is 2.29 bits per heavy atom. The number of hydrogen-bond acceptors (Lipinski definition) is 4. The average molecular weight is 253 g/mol. The van der Waals surface area contributed by atoms with Crippen LogP contribution in [-0.2, 0) is 5.88 Å². The summed E-state index contributed by atoms with van der Waals surface area (Å²) in [6, 6.07) is 4.60. The molecule has 0 N–H and O–H groups in total. The molecule has 0 bridgehead atoms. The molecule has 0 aliphatic carbocycles. The highest BCUT2D eigenvalue weighted by atomic mass is 35.5. The maximum absolute atomic E-state index is 10.7. The van der Waals surface area contributed by atoms with E-state index in [2.05, 4.69) is 4.98 Å². The first-order chi connectivity index (χ1) is 8.11. The first-order valence-electron chi connectivity index (χ1n) is 4.88. The van der Waals surface area contributed by atoms with E-state index >= 15 is 0 Å². The zero-order chi connectivity index (χ0) is 12.4. The summed E-state index contributed by atoms with van der Waals surface area (Å²) in [6.07, 6.45) is 1.52. The summed E-state index contributed by atoms with van der Waals surface area (Å²) < 4.78 is 5.37. The van der Waals surface area contributed by atoms with Crippen molar-refractivity contribution in [1.29, 1.82) is 0 Å². The molecule has 0 amide bonds. The molecule has 0 atom stereocenters. The Balaban J connectivity index is 2.49. The third-order valence-corrected chi connectivity index (χ3v) is 2.59. The van der Waals surface area contributed by atoms with Gasteiger partial charge in [0.2, 0.25) is 5.89 Å². The van der Waals surface area contributed by atoms with Gasteiger partial charge in [0, 0.05) is 17.7 Å². The van der Waals surface area contributed by atoms with Crippen molar-refractivity contribution in [2.75, 3.05) is 0 Å². The molecule has 6 heteroatoms. The van der Waals surface area contributed by atoms with Crippen LogP contribution >= 0.6 is 11.6 Å². The van der Waals surface area contributed by atoms with E-state index in [0.717, 1.165) is 5.56 Å². The number of aryl methyl sites for hydroxylation is 1. The third-order valence-electron chi connectivity index (χ3n) is 2.37. The van der Waals surface area contributed by atoms with E-state index < -0.39 is 4.92 Å². The Kier molecular flexibility index (Phi) is 3.10. The molecule has 0 aliphatic rings. The molecule has 0 spiro atoms. The highest BCUT2D eigenvalue weighted by Gasteiger charge is 2.13. The average Bonchev–Trinajstić information content (AvgIpc) is 2.77. The van der Waals surface area contributed by atoms with Crippen LogP contribution in [0.15, 0.2) is 28.8 Å². The molecule has 17 heavy (non-hydrogen) atoms. The summed E-state index contributed by atoms with van der Waals surface area (Å²) in [5.74, 6) is 1.06. The minimum absolute atomic E-state index is 0.0226. The first kappa shape index (κ1) is 11.6. The standard InChI is InChI=1S/C11H9ClN2O3/c1-7-2-3-8(14(15)16)4-9(7)10-6-13-11(5-12)17-10/h2-4,6H,5H2,1H3. The Labute approximate surface area is 102 Å². The minimum atomic E-state index is -0.443. The molecule has 0 fully saturated rings. The summed E-state index contributed by atoms with van der Waals surface area (Å²) in [5, 5.41) is 10.7. The maximum Gasteiger partial charge on any atom is 0.270 e. The van der Waals surface area contributed by atoms with Gasteiger partial charge < -0.3 is 4.42 Å². The maximum atomic E-state index is 10.7. The molecule has 0 unspecified atom stereocenters. The van der Waals surface area contributed by atoms with Crippen molar-refractivity contribution in [2.24, 2.45) is 0 Å². The van der Waals surface area contributed by atoms with Gasteiger partial charge in [-0.05, 0) is 12.5 Å². The van der Waals surface area contributed by atoms with Crippen molar-refractivity contribution < 1.29 is 9.34 Å². The fourth-order valence-electron chi connectivity index (χ4n) is 1.49. The van der Waals surface area contributed by atoms with Crippen LogP contribution < -0.4 is 0 Å². The molecular weight excluding hydrogens is 244 g/mol. The van der Waals surface area contributed by atoms with Crippen LogP contribution in [0.4, 0.5) is 5.69 Å². The number of hydrogen-bond donors (Lipinski definition) is 0. The number of halogens is 1. The van der Waals surface area contributed by atoms with Crippen LogP contribution in [0, 0.1) is 17.0 Å². The van der Waals surface area contributed by atoms with Crippen LogP contribution in [0.2, 0.25) is 0 Å². The normalized spacial score (nSPS) is 10.5. The number of rotatable bonds is 3. The Morgan fingerprint density at radius 1 is 1.53 bits per heavy atom. The van der Waals surface area contributed by atoms with E-state index in [1.807, 2.05) is 6.92 Å². The SMILES string of the molecule is Cc1ccc([N+](=O)[O-])cc1-c1cnc(CCl)o1. The van der Waals surface area contributed by atoms with Crippen molar-refractivity contribution in [3.63, 3.8) is 0 Å². The molecular formula is C11H9ClN2O3. The quantitative estimate of drug-likeness (QED) is 0.477. The zero-order valence-corrected chi connectivity index (χ0v) is 9.77. The number of nitrogens with zero attached hydrogens (tertiary/aromatic N) is 2. The van der Waals surface area contributed by atoms with Crippen molar-refractivity contribution in [3.8, 4) is 11.3 Å². The van der Waals surface area contributed by atoms with E-state index in [4.69, 9.17) is 16.0 Å². The number of aromatic nitrogens is 1. The molecule has 0 saturated heterocycles. The minimum Gasteiger partial charge on any atom is -0.439 e. The summed E-state index contributed by atoms with van der Waals surface area (Å²) in [6.45, 7) is 1.85. The number of alkyl halides is 1. The smallest absolute Gasteiger partial charge is 0.270 e. The second-order valence-electron chi connectivity index (χ2n) is 3.51. The number of non-ortho nitro benzene ring substituents is 1. The van der Waals surface area contributed by atoms with Crippen molar-refractivity contribution in [1.82, 2.24) is 4.98 Å². The van der Waals surface area contributed by atoms with Gasteiger partial charge in [0.1, 0.15) is 0 Å². The monoisotopic (exact) mass is 252 g/mol. The van der Waals surface area contributed by atoms with Crippen LogP contribution in [-0.4, -0.2) is 9.91 Å². The van der Waals surface area contributed by atoms with E-state index in [1.54, 1.807) is 6.07 Å². The highest BCUT2D eigenvalue weighted by molar-refractivity contribution is 6.16. The summed E-state index contributed by atoms with van der Waals surface area (Å²) in [4.78, 5) is 14.2. The number of nitro benzene ring substituents is 1. The Morgan fingerprint density at radius 3 is 2.88 bits per heavy atom. The van der Waals surface area contributed by atoms with Gasteiger partial charge in [0.25, 0.3) is 5.69 Å². The molecule has 0 radical (unpaired) electrons. The molecule has 2 rings (SSSR count). The lowest BCUT2D eigenvalue weighted by Crippen LogP contribution is -1.89. The Hall–Kier alpha value is -1.88. The van der Waals surface area contributed by atoms with Gasteiger partial charge in [-0.1, -0.05) is 6.07 Å². The van der Waals surface area contributed by atoms with Crippen LogP contribution in [0.25, 0.3) is 11.3 Å². The number of oxazole rings is 1. The molecule has 5 nitrogen and oxygen atoms in total. The highest BCUT2D eigenvalue weighted by Crippen LogP contribution is 2.28. The Bertz CT molecular complexity index is 566. The molecule has 88 valence electrons. The largest absolute Gasteiger partial charge is 0.439 e. The zero-order valence-electron chi connectivity index (χ0n) is 9.01.